The molecule has 1 unspecified atom stereocenters. The van der Waals surface area contributed by atoms with Crippen molar-refractivity contribution in [1.82, 2.24) is 0 Å². The quantitative estimate of drug-likeness (QED) is 0.780. The van der Waals surface area contributed by atoms with Gasteiger partial charge in [-0.25, -0.2) is 4.79 Å². The number of amides is 1. The number of hydrogen-bond donors (Lipinski definition) is 2. The Bertz CT molecular complexity index is 774. The molecule has 0 aromatic heterocycles. The molecule has 2 rings (SSSR count). The van der Waals surface area contributed by atoms with Crippen LogP contribution in [0.2, 0.25) is 0 Å². The van der Waals surface area contributed by atoms with Crippen LogP contribution in [-0.4, -0.2) is 20.3 Å². The summed E-state index contributed by atoms with van der Waals surface area (Å²) < 4.78 is 15.4. The van der Waals surface area contributed by atoms with Crippen molar-refractivity contribution in [3.8, 4) is 11.5 Å². The second kappa shape index (κ2) is 8.21. The summed E-state index contributed by atoms with van der Waals surface area (Å²) in [6.45, 7) is 5.13. The number of ether oxygens (including phenoxy) is 3. The van der Waals surface area contributed by atoms with E-state index in [4.69, 9.17) is 19.9 Å². The molecule has 0 fully saturated rings. The van der Waals surface area contributed by atoms with Crippen LogP contribution in [0.25, 0.3) is 0 Å². The fraction of sp³-hybridized carbons (Fsp3) is 0.211. The topological polar surface area (TPSA) is 82.8 Å². The monoisotopic (exact) mass is 342 g/mol. The van der Waals surface area contributed by atoms with Crippen LogP contribution < -0.4 is 20.5 Å². The lowest BCUT2D eigenvalue weighted by Gasteiger charge is -2.16. The Labute approximate surface area is 147 Å². The molecule has 0 heterocycles. The number of benzene rings is 2. The lowest BCUT2D eigenvalue weighted by molar-refractivity contribution is 0.192. The third kappa shape index (κ3) is 4.74. The first-order chi connectivity index (χ1) is 11.9. The Morgan fingerprint density at radius 1 is 1.08 bits per heavy atom. The summed E-state index contributed by atoms with van der Waals surface area (Å²) >= 11 is 0. The van der Waals surface area contributed by atoms with E-state index in [-0.39, 0.29) is 0 Å². The number of carbonyl (C=O) groups is 1. The molecule has 1 atom stereocenters. The van der Waals surface area contributed by atoms with Crippen molar-refractivity contribution in [2.45, 2.75) is 13.0 Å². The van der Waals surface area contributed by atoms with Crippen LogP contribution in [0.4, 0.5) is 10.5 Å². The zero-order valence-corrected chi connectivity index (χ0v) is 14.5. The Kier molecular flexibility index (Phi) is 6.03. The molecule has 0 aliphatic heterocycles. The molecule has 0 spiro atoms. The average Bonchev–Trinajstić information content (AvgIpc) is 2.59. The summed E-state index contributed by atoms with van der Waals surface area (Å²) in [5, 5.41) is 2.64. The largest absolute Gasteiger partial charge is 0.493 e. The Balaban J connectivity index is 2.22. The summed E-state index contributed by atoms with van der Waals surface area (Å²) in [5.41, 5.74) is 8.63. The van der Waals surface area contributed by atoms with Gasteiger partial charge in [0, 0.05) is 5.69 Å². The molecule has 6 nitrogen and oxygen atoms in total. The van der Waals surface area contributed by atoms with Crippen molar-refractivity contribution in [2.75, 3.05) is 19.5 Å². The number of methoxy groups -OCH3 is 2. The van der Waals surface area contributed by atoms with Gasteiger partial charge >= 0.3 is 6.09 Å². The van der Waals surface area contributed by atoms with Crippen molar-refractivity contribution < 1.29 is 19.0 Å². The molecule has 25 heavy (non-hydrogen) atoms. The van der Waals surface area contributed by atoms with E-state index in [1.54, 1.807) is 39.3 Å². The van der Waals surface area contributed by atoms with Crippen molar-refractivity contribution in [3.63, 3.8) is 0 Å². The summed E-state index contributed by atoms with van der Waals surface area (Å²) in [6, 6.07) is 12.4. The van der Waals surface area contributed by atoms with Crippen molar-refractivity contribution in [1.29, 1.82) is 0 Å². The highest BCUT2D eigenvalue weighted by molar-refractivity contribution is 5.85. The Hall–Kier alpha value is -2.99. The van der Waals surface area contributed by atoms with Crippen LogP contribution in [0.3, 0.4) is 0 Å². The predicted molar refractivity (Wildman–Crippen MR) is 96.9 cm³/mol. The number of hydrogen-bond acceptors (Lipinski definition) is 5. The van der Waals surface area contributed by atoms with Crippen LogP contribution in [0, 0.1) is 0 Å². The van der Waals surface area contributed by atoms with Gasteiger partial charge in [0.2, 0.25) is 0 Å². The van der Waals surface area contributed by atoms with Gasteiger partial charge in [-0.15, -0.1) is 0 Å². The third-order valence-electron chi connectivity index (χ3n) is 3.53. The van der Waals surface area contributed by atoms with E-state index in [1.807, 2.05) is 24.3 Å². The van der Waals surface area contributed by atoms with Gasteiger partial charge in [-0.3, -0.25) is 5.32 Å². The number of carbonyl (C=O) groups excluding carboxylic acids is 1. The molecule has 2 aromatic carbocycles. The summed E-state index contributed by atoms with van der Waals surface area (Å²) in [5.74, 6) is 1.56. The van der Waals surface area contributed by atoms with E-state index in [1.165, 1.54) is 0 Å². The van der Waals surface area contributed by atoms with E-state index in [0.29, 0.717) is 22.9 Å². The number of allylic oxidation sites excluding steroid dienone is 1. The van der Waals surface area contributed by atoms with E-state index < -0.39 is 12.1 Å². The van der Waals surface area contributed by atoms with Gasteiger partial charge in [-0.1, -0.05) is 24.8 Å². The van der Waals surface area contributed by atoms with Crippen LogP contribution in [0.5, 0.6) is 11.5 Å². The predicted octanol–water partition coefficient (Wildman–Crippen LogP) is 3.83. The highest BCUT2D eigenvalue weighted by atomic mass is 16.6. The molecule has 6 heteroatoms. The Morgan fingerprint density at radius 2 is 1.76 bits per heavy atom. The summed E-state index contributed by atoms with van der Waals surface area (Å²) in [4.78, 5) is 11.7. The fourth-order valence-corrected chi connectivity index (χ4v) is 2.35. The standard InChI is InChI=1S/C19H22N2O4/c1-12(2)25-19(22)21-15-7-5-6-13(10-15)18(20)14-8-9-16(23-3)17(11-14)24-4/h5-11,18H,1,20H2,2-4H3,(H,21,22). The minimum absolute atomic E-state index is 0.315. The van der Waals surface area contributed by atoms with Crippen molar-refractivity contribution in [2.24, 2.45) is 5.73 Å². The summed E-state index contributed by atoms with van der Waals surface area (Å²) in [6.07, 6.45) is -0.593. The maximum Gasteiger partial charge on any atom is 0.416 e. The van der Waals surface area contributed by atoms with Crippen LogP contribution in [0.15, 0.2) is 54.8 Å². The maximum atomic E-state index is 11.7. The second-order valence-electron chi connectivity index (χ2n) is 5.43. The molecule has 0 aliphatic carbocycles. The molecule has 0 saturated carbocycles. The molecule has 3 N–H and O–H groups in total. The lowest BCUT2D eigenvalue weighted by atomic mass is 9.98. The highest BCUT2D eigenvalue weighted by Gasteiger charge is 2.13. The average molecular weight is 342 g/mol. The molecule has 132 valence electrons. The fourth-order valence-electron chi connectivity index (χ4n) is 2.35. The van der Waals surface area contributed by atoms with E-state index >= 15 is 0 Å². The van der Waals surface area contributed by atoms with Gasteiger partial charge in [0.15, 0.2) is 11.5 Å². The first-order valence-electron chi connectivity index (χ1n) is 7.66. The van der Waals surface area contributed by atoms with Crippen LogP contribution >= 0.6 is 0 Å². The van der Waals surface area contributed by atoms with Crippen molar-refractivity contribution >= 4 is 11.8 Å². The van der Waals surface area contributed by atoms with Crippen LogP contribution in [-0.2, 0) is 4.74 Å². The molecule has 0 bridgehead atoms. The molecule has 1 amide bonds. The minimum atomic E-state index is -0.593. The zero-order valence-electron chi connectivity index (χ0n) is 14.5. The molecule has 2 aromatic rings. The normalized spacial score (nSPS) is 11.4. The van der Waals surface area contributed by atoms with Gasteiger partial charge in [0.05, 0.1) is 26.0 Å². The number of anilines is 1. The first kappa shape index (κ1) is 18.4. The van der Waals surface area contributed by atoms with Crippen LogP contribution in [0.1, 0.15) is 24.1 Å². The minimum Gasteiger partial charge on any atom is -0.493 e. The van der Waals surface area contributed by atoms with E-state index in [9.17, 15) is 4.79 Å². The van der Waals surface area contributed by atoms with Gasteiger partial charge in [0.1, 0.15) is 0 Å². The number of rotatable bonds is 6. The van der Waals surface area contributed by atoms with Gasteiger partial charge < -0.3 is 19.9 Å². The van der Waals surface area contributed by atoms with Crippen molar-refractivity contribution in [3.05, 3.63) is 65.9 Å². The van der Waals surface area contributed by atoms with Gasteiger partial charge in [-0.05, 0) is 42.3 Å². The highest BCUT2D eigenvalue weighted by Crippen LogP contribution is 2.31. The SMILES string of the molecule is C=C(C)OC(=O)Nc1cccc(C(N)c2ccc(OC)c(OC)c2)c1. The number of nitrogens with two attached hydrogens (primary N) is 1. The maximum absolute atomic E-state index is 11.7. The van der Waals surface area contributed by atoms with E-state index in [2.05, 4.69) is 11.9 Å². The van der Waals surface area contributed by atoms with E-state index in [0.717, 1.165) is 11.1 Å². The molecular weight excluding hydrogens is 320 g/mol. The molecule has 0 radical (unpaired) electrons. The Morgan fingerprint density at radius 3 is 2.40 bits per heavy atom. The van der Waals surface area contributed by atoms with Gasteiger partial charge in [-0.2, -0.15) is 0 Å². The second-order valence-corrected chi connectivity index (χ2v) is 5.43. The molecular formula is C19H22N2O4. The zero-order chi connectivity index (χ0) is 18.4. The smallest absolute Gasteiger partial charge is 0.416 e. The molecule has 0 aliphatic rings. The first-order valence-corrected chi connectivity index (χ1v) is 7.66. The van der Waals surface area contributed by atoms with Gasteiger partial charge in [0.25, 0.3) is 0 Å². The molecule has 0 saturated heterocycles. The summed E-state index contributed by atoms with van der Waals surface area (Å²) in [7, 11) is 3.15. The third-order valence-corrected chi connectivity index (χ3v) is 3.53. The lowest BCUT2D eigenvalue weighted by Crippen LogP contribution is -2.15. The number of nitrogens with one attached hydrogen (secondary N) is 1.